The van der Waals surface area contributed by atoms with Crippen LogP contribution in [0.25, 0.3) is 0 Å². The standard InChI is InChI=1S/C19H24N8/c1-12-9-13(2)24-19(23-12)25-18-17(20-6-7-21-18)16-5-4-8-27(16)11-15-10-22-26-14(15)3/h6-7,9-10,16H,4-5,8,11H2,1-3H3,(H,22,26)(H,21,23,24,25)/t16-/m0/s1. The fourth-order valence-electron chi connectivity index (χ4n) is 3.66. The number of aryl methyl sites for hydroxylation is 3. The van der Waals surface area contributed by atoms with Gasteiger partial charge in [0.1, 0.15) is 5.69 Å². The van der Waals surface area contributed by atoms with Crippen molar-refractivity contribution < 1.29 is 0 Å². The number of hydrogen-bond acceptors (Lipinski definition) is 7. The van der Waals surface area contributed by atoms with Gasteiger partial charge in [-0.3, -0.25) is 15.0 Å². The van der Waals surface area contributed by atoms with Crippen LogP contribution in [0.4, 0.5) is 11.8 Å². The first kappa shape index (κ1) is 17.5. The van der Waals surface area contributed by atoms with E-state index < -0.39 is 0 Å². The number of aromatic amines is 1. The maximum Gasteiger partial charge on any atom is 0.228 e. The van der Waals surface area contributed by atoms with Crippen molar-refractivity contribution in [3.63, 3.8) is 0 Å². The van der Waals surface area contributed by atoms with Crippen LogP contribution in [0.2, 0.25) is 0 Å². The van der Waals surface area contributed by atoms with E-state index in [1.807, 2.05) is 26.1 Å². The van der Waals surface area contributed by atoms with Gasteiger partial charge in [-0.2, -0.15) is 5.10 Å². The predicted molar refractivity (Wildman–Crippen MR) is 103 cm³/mol. The molecule has 1 fully saturated rings. The molecule has 4 rings (SSSR count). The van der Waals surface area contributed by atoms with Crippen LogP contribution in [0.5, 0.6) is 0 Å². The van der Waals surface area contributed by atoms with E-state index in [1.165, 1.54) is 5.56 Å². The van der Waals surface area contributed by atoms with E-state index in [9.17, 15) is 0 Å². The molecule has 140 valence electrons. The fraction of sp³-hybridized carbons (Fsp3) is 0.421. The molecule has 0 aromatic carbocycles. The Morgan fingerprint density at radius 1 is 1.15 bits per heavy atom. The maximum absolute atomic E-state index is 4.66. The fourth-order valence-corrected chi connectivity index (χ4v) is 3.66. The first-order valence-corrected chi connectivity index (χ1v) is 9.23. The van der Waals surface area contributed by atoms with Gasteiger partial charge in [0.15, 0.2) is 5.82 Å². The third-order valence-electron chi connectivity index (χ3n) is 4.93. The van der Waals surface area contributed by atoms with Crippen molar-refractivity contribution in [2.45, 2.75) is 46.2 Å². The summed E-state index contributed by atoms with van der Waals surface area (Å²) in [5.41, 5.74) is 5.13. The van der Waals surface area contributed by atoms with E-state index in [4.69, 9.17) is 0 Å². The van der Waals surface area contributed by atoms with Gasteiger partial charge in [-0.15, -0.1) is 0 Å². The highest BCUT2D eigenvalue weighted by Crippen LogP contribution is 2.35. The normalized spacial score (nSPS) is 17.4. The van der Waals surface area contributed by atoms with Crippen LogP contribution in [0, 0.1) is 20.8 Å². The van der Waals surface area contributed by atoms with Crippen LogP contribution in [0.3, 0.4) is 0 Å². The Kier molecular flexibility index (Phi) is 4.81. The Balaban J connectivity index is 1.60. The Labute approximate surface area is 158 Å². The van der Waals surface area contributed by atoms with Gasteiger partial charge >= 0.3 is 0 Å². The second-order valence-corrected chi connectivity index (χ2v) is 7.04. The molecule has 3 aromatic rings. The lowest BCUT2D eigenvalue weighted by Gasteiger charge is -2.25. The Bertz CT molecular complexity index is 915. The number of rotatable bonds is 5. The van der Waals surface area contributed by atoms with Gasteiger partial charge in [0.25, 0.3) is 0 Å². The van der Waals surface area contributed by atoms with Crippen molar-refractivity contribution in [1.29, 1.82) is 0 Å². The zero-order valence-corrected chi connectivity index (χ0v) is 15.9. The summed E-state index contributed by atoms with van der Waals surface area (Å²) in [7, 11) is 0. The number of nitrogens with zero attached hydrogens (tertiary/aromatic N) is 6. The van der Waals surface area contributed by atoms with Crippen molar-refractivity contribution in [2.75, 3.05) is 11.9 Å². The lowest BCUT2D eigenvalue weighted by atomic mass is 10.1. The zero-order chi connectivity index (χ0) is 18.8. The molecule has 2 N–H and O–H groups in total. The number of nitrogens with one attached hydrogen (secondary N) is 2. The molecule has 0 amide bonds. The minimum atomic E-state index is 0.210. The average molecular weight is 364 g/mol. The summed E-state index contributed by atoms with van der Waals surface area (Å²) in [6.45, 7) is 7.86. The summed E-state index contributed by atoms with van der Waals surface area (Å²) in [5.74, 6) is 1.28. The van der Waals surface area contributed by atoms with Crippen molar-refractivity contribution >= 4 is 11.8 Å². The van der Waals surface area contributed by atoms with Gasteiger partial charge in [-0.25, -0.2) is 15.0 Å². The average Bonchev–Trinajstić information content (AvgIpc) is 3.24. The van der Waals surface area contributed by atoms with Crippen LogP contribution < -0.4 is 5.32 Å². The number of aromatic nitrogens is 6. The van der Waals surface area contributed by atoms with Crippen LogP contribution in [-0.2, 0) is 6.54 Å². The molecule has 1 saturated heterocycles. The summed E-state index contributed by atoms with van der Waals surface area (Å²) in [5, 5.41) is 10.4. The Hall–Kier alpha value is -2.87. The van der Waals surface area contributed by atoms with Gasteiger partial charge in [0, 0.05) is 41.6 Å². The monoisotopic (exact) mass is 364 g/mol. The first-order valence-electron chi connectivity index (χ1n) is 9.23. The van der Waals surface area contributed by atoms with E-state index in [1.54, 1.807) is 12.4 Å². The third kappa shape index (κ3) is 3.80. The molecule has 8 heteroatoms. The molecule has 8 nitrogen and oxygen atoms in total. The molecule has 0 bridgehead atoms. The highest BCUT2D eigenvalue weighted by molar-refractivity contribution is 5.52. The summed E-state index contributed by atoms with van der Waals surface area (Å²) in [6.07, 6.45) is 7.55. The van der Waals surface area contributed by atoms with E-state index in [0.29, 0.717) is 5.95 Å². The SMILES string of the molecule is Cc1cc(C)nc(Nc2nccnc2[C@@H]2CCCN2Cc2cn[nH]c2C)n1. The molecule has 0 aliphatic carbocycles. The maximum atomic E-state index is 4.66. The predicted octanol–water partition coefficient (Wildman–Crippen LogP) is 3.00. The first-order chi connectivity index (χ1) is 13.1. The second kappa shape index (κ2) is 7.40. The lowest BCUT2D eigenvalue weighted by molar-refractivity contribution is 0.244. The molecule has 0 unspecified atom stereocenters. The molecule has 0 saturated carbocycles. The third-order valence-corrected chi connectivity index (χ3v) is 4.93. The molecule has 1 atom stereocenters. The molecular formula is C19H24N8. The van der Waals surface area contributed by atoms with E-state index >= 15 is 0 Å². The topological polar surface area (TPSA) is 95.5 Å². The number of H-pyrrole nitrogens is 1. The van der Waals surface area contributed by atoms with Crippen molar-refractivity contribution in [3.05, 3.63) is 53.0 Å². The number of likely N-dealkylation sites (tertiary alicyclic amines) is 1. The van der Waals surface area contributed by atoms with Gasteiger partial charge in [0.2, 0.25) is 5.95 Å². The van der Waals surface area contributed by atoms with Crippen LogP contribution in [0.15, 0.2) is 24.7 Å². The summed E-state index contributed by atoms with van der Waals surface area (Å²) in [4.78, 5) is 20.6. The van der Waals surface area contributed by atoms with E-state index in [0.717, 1.165) is 54.5 Å². The minimum absolute atomic E-state index is 0.210. The summed E-state index contributed by atoms with van der Waals surface area (Å²) >= 11 is 0. The second-order valence-electron chi connectivity index (χ2n) is 7.04. The van der Waals surface area contributed by atoms with Crippen LogP contribution in [0.1, 0.15) is 47.2 Å². The Morgan fingerprint density at radius 3 is 2.67 bits per heavy atom. The summed E-state index contributed by atoms with van der Waals surface area (Å²) < 4.78 is 0. The molecule has 1 aliphatic rings. The minimum Gasteiger partial charge on any atom is -0.307 e. The van der Waals surface area contributed by atoms with Crippen LogP contribution in [-0.4, -0.2) is 41.6 Å². The van der Waals surface area contributed by atoms with E-state index in [2.05, 4.69) is 47.3 Å². The highest BCUT2D eigenvalue weighted by Gasteiger charge is 2.30. The molecule has 0 radical (unpaired) electrons. The highest BCUT2D eigenvalue weighted by atomic mass is 15.2. The van der Waals surface area contributed by atoms with Gasteiger partial charge < -0.3 is 5.32 Å². The Morgan fingerprint density at radius 2 is 1.93 bits per heavy atom. The molecule has 0 spiro atoms. The largest absolute Gasteiger partial charge is 0.307 e. The molecular weight excluding hydrogens is 340 g/mol. The van der Waals surface area contributed by atoms with E-state index in [-0.39, 0.29) is 6.04 Å². The quantitative estimate of drug-likeness (QED) is 0.718. The molecule has 27 heavy (non-hydrogen) atoms. The lowest BCUT2D eigenvalue weighted by Crippen LogP contribution is -2.24. The molecule has 3 aromatic heterocycles. The van der Waals surface area contributed by atoms with Crippen molar-refractivity contribution in [2.24, 2.45) is 0 Å². The van der Waals surface area contributed by atoms with Gasteiger partial charge in [-0.05, 0) is 46.2 Å². The summed E-state index contributed by atoms with van der Waals surface area (Å²) in [6, 6.07) is 2.16. The number of anilines is 2. The number of hydrogen-bond donors (Lipinski definition) is 2. The smallest absolute Gasteiger partial charge is 0.228 e. The molecule has 1 aliphatic heterocycles. The van der Waals surface area contributed by atoms with Crippen molar-refractivity contribution in [3.8, 4) is 0 Å². The van der Waals surface area contributed by atoms with Crippen molar-refractivity contribution in [1.82, 2.24) is 35.0 Å². The van der Waals surface area contributed by atoms with Gasteiger partial charge in [-0.1, -0.05) is 0 Å². The zero-order valence-electron chi connectivity index (χ0n) is 15.9. The van der Waals surface area contributed by atoms with Crippen LogP contribution >= 0.6 is 0 Å². The molecule has 4 heterocycles. The van der Waals surface area contributed by atoms with Gasteiger partial charge in [0.05, 0.1) is 12.2 Å².